The molecule has 1 aliphatic heterocycles. The average Bonchev–Trinajstić information content (AvgIpc) is 3.23. The van der Waals surface area contributed by atoms with E-state index in [9.17, 15) is 19.2 Å². The number of Topliss-reactive ketones (excluding diaryl/α,β-unsaturated/α-hetero) is 2. The Morgan fingerprint density at radius 3 is 1.75 bits per heavy atom. The largest absolute Gasteiger partial charge is 0.293 e. The second kappa shape index (κ2) is 6.52. The van der Waals surface area contributed by atoms with Crippen LogP contribution in [-0.2, 0) is 0 Å². The summed E-state index contributed by atoms with van der Waals surface area (Å²) in [5.41, 5.74) is 2.45. The highest BCUT2D eigenvalue weighted by Crippen LogP contribution is 2.36. The lowest BCUT2D eigenvalue weighted by Crippen LogP contribution is -2.29. The predicted octanol–water partition coefficient (Wildman–Crippen LogP) is 4.20. The Bertz CT molecular complexity index is 1450. The molecule has 3 aromatic carbocycles. The van der Waals surface area contributed by atoms with Crippen LogP contribution in [0.25, 0.3) is 10.9 Å². The van der Waals surface area contributed by atoms with Gasteiger partial charge in [-0.25, -0.2) is 9.88 Å². The number of para-hydroxylation sites is 1. The van der Waals surface area contributed by atoms with Gasteiger partial charge in [0.15, 0.2) is 11.6 Å². The monoisotopic (exact) mass is 418 g/mol. The molecule has 2 heterocycles. The number of fused-ring (bicyclic) bond motifs is 3. The van der Waals surface area contributed by atoms with Crippen LogP contribution in [0.3, 0.4) is 0 Å². The molecule has 0 bridgehead atoms. The molecule has 6 rings (SSSR count). The van der Waals surface area contributed by atoms with E-state index in [0.717, 1.165) is 4.90 Å². The van der Waals surface area contributed by atoms with Gasteiger partial charge in [-0.1, -0.05) is 54.6 Å². The number of rotatable bonds is 2. The molecule has 32 heavy (non-hydrogen) atoms. The summed E-state index contributed by atoms with van der Waals surface area (Å²) in [7, 11) is 0. The Hall–Kier alpha value is -4.45. The molecule has 0 saturated heterocycles. The van der Waals surface area contributed by atoms with Crippen molar-refractivity contribution in [3.05, 3.63) is 107 Å². The second-order valence-electron chi connectivity index (χ2n) is 7.78. The van der Waals surface area contributed by atoms with Gasteiger partial charge < -0.3 is 0 Å². The number of ketones is 2. The summed E-state index contributed by atoms with van der Waals surface area (Å²) in [5, 5.41) is 0.693. The molecule has 0 spiro atoms. The van der Waals surface area contributed by atoms with Crippen molar-refractivity contribution in [1.82, 2.24) is 4.98 Å². The highest BCUT2D eigenvalue weighted by molar-refractivity contribution is 6.36. The summed E-state index contributed by atoms with van der Waals surface area (Å²) in [6, 6.07) is 22.0. The predicted molar refractivity (Wildman–Crippen MR) is 117 cm³/mol. The zero-order valence-corrected chi connectivity index (χ0v) is 16.6. The fourth-order valence-electron chi connectivity index (χ4n) is 4.51. The van der Waals surface area contributed by atoms with Gasteiger partial charge in [0.1, 0.15) is 5.92 Å². The first kappa shape index (κ1) is 18.3. The van der Waals surface area contributed by atoms with E-state index in [1.165, 1.54) is 0 Å². The first-order valence-electron chi connectivity index (χ1n) is 10.1. The number of nitrogens with zero attached hydrogens (tertiary/aromatic N) is 2. The SMILES string of the molecule is O=C1c2ccccc2C(=O)C1c1ccc2cccc(N3C(=O)c4ccccc4C3=O)c2n1. The lowest BCUT2D eigenvalue weighted by atomic mass is 9.98. The quantitative estimate of drug-likeness (QED) is 0.360. The van der Waals surface area contributed by atoms with Crippen LogP contribution in [-0.4, -0.2) is 28.4 Å². The third-order valence-corrected chi connectivity index (χ3v) is 6.03. The third kappa shape index (κ3) is 2.37. The number of benzene rings is 3. The fraction of sp³-hybridized carbons (Fsp3) is 0.0385. The van der Waals surface area contributed by atoms with E-state index < -0.39 is 17.7 Å². The highest BCUT2D eigenvalue weighted by atomic mass is 16.2. The van der Waals surface area contributed by atoms with Crippen molar-refractivity contribution in [3.63, 3.8) is 0 Å². The molecular weight excluding hydrogens is 404 g/mol. The van der Waals surface area contributed by atoms with Gasteiger partial charge in [0.05, 0.1) is 28.0 Å². The Balaban J connectivity index is 1.50. The number of amides is 2. The van der Waals surface area contributed by atoms with E-state index in [1.807, 2.05) is 0 Å². The highest BCUT2D eigenvalue weighted by Gasteiger charge is 2.41. The van der Waals surface area contributed by atoms with Crippen LogP contribution in [0.1, 0.15) is 53.0 Å². The molecule has 0 radical (unpaired) electrons. The maximum Gasteiger partial charge on any atom is 0.266 e. The van der Waals surface area contributed by atoms with E-state index in [1.54, 1.807) is 78.9 Å². The summed E-state index contributed by atoms with van der Waals surface area (Å²) in [6.07, 6.45) is 0. The molecule has 0 atom stereocenters. The molecule has 1 aliphatic carbocycles. The molecule has 0 unspecified atom stereocenters. The first-order chi connectivity index (χ1) is 15.6. The van der Waals surface area contributed by atoms with Gasteiger partial charge in [-0.05, 0) is 24.3 Å². The summed E-state index contributed by atoms with van der Waals surface area (Å²) < 4.78 is 0. The number of pyridine rings is 1. The molecular formula is C26H14N2O4. The van der Waals surface area contributed by atoms with E-state index in [-0.39, 0.29) is 11.6 Å². The summed E-state index contributed by atoms with van der Waals surface area (Å²) >= 11 is 0. The number of hydrogen-bond donors (Lipinski definition) is 0. The minimum Gasteiger partial charge on any atom is -0.293 e. The van der Waals surface area contributed by atoms with Crippen molar-refractivity contribution >= 4 is 40.0 Å². The van der Waals surface area contributed by atoms with E-state index in [4.69, 9.17) is 0 Å². The lowest BCUT2D eigenvalue weighted by molar-refractivity contribution is 0.0882. The van der Waals surface area contributed by atoms with Gasteiger partial charge >= 0.3 is 0 Å². The molecule has 6 heteroatoms. The zero-order valence-electron chi connectivity index (χ0n) is 16.6. The van der Waals surface area contributed by atoms with Crippen molar-refractivity contribution in [1.29, 1.82) is 0 Å². The van der Waals surface area contributed by atoms with Gasteiger partial charge in [0, 0.05) is 16.5 Å². The van der Waals surface area contributed by atoms with Gasteiger partial charge in [0.25, 0.3) is 11.8 Å². The normalized spacial score (nSPS) is 15.6. The van der Waals surface area contributed by atoms with Crippen molar-refractivity contribution in [3.8, 4) is 0 Å². The molecule has 0 fully saturated rings. The molecule has 0 saturated carbocycles. The number of anilines is 1. The molecule has 1 aromatic heterocycles. The van der Waals surface area contributed by atoms with Crippen LogP contribution in [0.15, 0.2) is 78.9 Å². The van der Waals surface area contributed by atoms with Crippen molar-refractivity contribution in [2.45, 2.75) is 5.92 Å². The van der Waals surface area contributed by atoms with Crippen LogP contribution >= 0.6 is 0 Å². The van der Waals surface area contributed by atoms with Crippen molar-refractivity contribution < 1.29 is 19.2 Å². The van der Waals surface area contributed by atoms with Crippen LogP contribution in [0.2, 0.25) is 0 Å². The van der Waals surface area contributed by atoms with Crippen LogP contribution in [0.5, 0.6) is 0 Å². The van der Waals surface area contributed by atoms with Gasteiger partial charge in [-0.3, -0.25) is 19.2 Å². The molecule has 0 N–H and O–H groups in total. The first-order valence-corrected chi connectivity index (χ1v) is 10.1. The van der Waals surface area contributed by atoms with E-state index in [2.05, 4.69) is 4.98 Å². The van der Waals surface area contributed by atoms with Crippen LogP contribution in [0, 0.1) is 0 Å². The van der Waals surface area contributed by atoms with Gasteiger partial charge in [-0.15, -0.1) is 0 Å². The number of carbonyl (C=O) groups excluding carboxylic acids is 4. The van der Waals surface area contributed by atoms with E-state index >= 15 is 0 Å². The minimum absolute atomic E-state index is 0.296. The second-order valence-corrected chi connectivity index (χ2v) is 7.78. The van der Waals surface area contributed by atoms with Crippen molar-refractivity contribution in [2.75, 3.05) is 4.90 Å². The summed E-state index contributed by atoms with van der Waals surface area (Å²) in [5.74, 6) is -2.48. The zero-order chi connectivity index (χ0) is 22.0. The summed E-state index contributed by atoms with van der Waals surface area (Å²) in [4.78, 5) is 57.7. The van der Waals surface area contributed by atoms with Crippen LogP contribution in [0.4, 0.5) is 5.69 Å². The van der Waals surface area contributed by atoms with Gasteiger partial charge in [0.2, 0.25) is 0 Å². The van der Waals surface area contributed by atoms with Crippen LogP contribution < -0.4 is 4.90 Å². The fourth-order valence-corrected chi connectivity index (χ4v) is 4.51. The summed E-state index contributed by atoms with van der Waals surface area (Å²) in [6.45, 7) is 0. The molecule has 2 amide bonds. The topological polar surface area (TPSA) is 84.4 Å². The lowest BCUT2D eigenvalue weighted by Gasteiger charge is -2.17. The number of hydrogen-bond acceptors (Lipinski definition) is 5. The Morgan fingerprint density at radius 1 is 0.594 bits per heavy atom. The molecule has 152 valence electrons. The number of aromatic nitrogens is 1. The minimum atomic E-state index is -1.04. The Labute approximate surface area is 182 Å². The van der Waals surface area contributed by atoms with E-state index in [0.29, 0.717) is 44.5 Å². The molecule has 4 aromatic rings. The number of carbonyl (C=O) groups is 4. The van der Waals surface area contributed by atoms with Crippen molar-refractivity contribution in [2.24, 2.45) is 0 Å². The standard InChI is InChI=1S/C26H14N2O4/c29-23-15-7-1-2-8-16(15)24(30)21(23)19-13-12-14-6-5-11-20(22(14)27-19)28-25(31)17-9-3-4-10-18(17)26(28)32/h1-13,21H. The van der Waals surface area contributed by atoms with Gasteiger partial charge in [-0.2, -0.15) is 0 Å². The maximum atomic E-state index is 13.0. The molecule has 2 aliphatic rings. The maximum absolute atomic E-state index is 13.0. The Morgan fingerprint density at radius 2 is 1.16 bits per heavy atom. The average molecular weight is 418 g/mol. The Kier molecular flexibility index (Phi) is 3.74. The number of imide groups is 1. The third-order valence-electron chi connectivity index (χ3n) is 6.03. The smallest absolute Gasteiger partial charge is 0.266 e. The molecule has 6 nitrogen and oxygen atoms in total.